The summed E-state index contributed by atoms with van der Waals surface area (Å²) in [6.07, 6.45) is -10.4. The highest BCUT2D eigenvalue weighted by molar-refractivity contribution is 9.08. The van der Waals surface area contributed by atoms with Crippen molar-refractivity contribution < 1.29 is 31.1 Å². The highest BCUT2D eigenvalue weighted by Gasteiger charge is 2.40. The lowest BCUT2D eigenvalue weighted by molar-refractivity contribution is -0.276. The number of alkyl halides is 7. The van der Waals surface area contributed by atoms with E-state index in [4.69, 9.17) is 5.26 Å². The molecule has 10 heteroatoms. The average Bonchev–Trinajstić information content (AvgIpc) is 2.27. The van der Waals surface area contributed by atoms with Crippen molar-refractivity contribution in [3.05, 3.63) is 22.9 Å². The number of nitriles is 1. The van der Waals surface area contributed by atoms with Gasteiger partial charge in [0.25, 0.3) is 0 Å². The first-order valence-corrected chi connectivity index (χ1v) is 5.99. The van der Waals surface area contributed by atoms with E-state index in [1.807, 2.05) is 0 Å². The Balaban J connectivity index is 3.52. The molecule has 0 unspecified atom stereocenters. The van der Waals surface area contributed by atoms with Crippen molar-refractivity contribution >= 4 is 15.9 Å². The maximum absolute atomic E-state index is 12.9. The number of pyridine rings is 1. The molecule has 1 aromatic heterocycles. The van der Waals surface area contributed by atoms with Gasteiger partial charge >= 0.3 is 12.5 Å². The number of rotatable bonds is 3. The van der Waals surface area contributed by atoms with Gasteiger partial charge in [-0.3, -0.25) is 0 Å². The lowest BCUT2D eigenvalue weighted by atomic mass is 10.0. The van der Waals surface area contributed by atoms with Gasteiger partial charge in [0, 0.05) is 17.1 Å². The molecule has 0 N–H and O–H groups in total. The Morgan fingerprint density at radius 3 is 2.25 bits per heavy atom. The maximum Gasteiger partial charge on any atom is 0.574 e. The molecule has 0 aliphatic heterocycles. The van der Waals surface area contributed by atoms with Crippen LogP contribution < -0.4 is 4.74 Å². The maximum atomic E-state index is 12.9. The second kappa shape index (κ2) is 5.87. The van der Waals surface area contributed by atoms with Crippen molar-refractivity contribution in [1.29, 1.82) is 5.26 Å². The molecule has 110 valence electrons. The number of hydrogen-bond donors (Lipinski definition) is 0. The van der Waals surface area contributed by atoms with E-state index in [-0.39, 0.29) is 10.9 Å². The van der Waals surface area contributed by atoms with E-state index in [1.165, 1.54) is 6.07 Å². The topological polar surface area (TPSA) is 45.9 Å². The normalized spacial score (nSPS) is 12.1. The molecule has 0 radical (unpaired) electrons. The van der Waals surface area contributed by atoms with Gasteiger partial charge in [-0.1, -0.05) is 15.9 Å². The van der Waals surface area contributed by atoms with Crippen LogP contribution in [0.4, 0.5) is 26.3 Å². The van der Waals surface area contributed by atoms with E-state index < -0.39 is 36.0 Å². The minimum absolute atomic E-state index is 0.278. The number of hydrogen-bond acceptors (Lipinski definition) is 3. The van der Waals surface area contributed by atoms with E-state index in [2.05, 4.69) is 25.7 Å². The highest BCUT2D eigenvalue weighted by Crippen LogP contribution is 2.39. The van der Waals surface area contributed by atoms with Gasteiger partial charge < -0.3 is 4.74 Å². The van der Waals surface area contributed by atoms with Crippen molar-refractivity contribution in [3.8, 4) is 11.9 Å². The smallest absolute Gasteiger partial charge is 0.388 e. The summed E-state index contributed by atoms with van der Waals surface area (Å²) in [5.41, 5.74) is -2.66. The largest absolute Gasteiger partial charge is 0.574 e. The number of aromatic nitrogens is 1. The molecule has 20 heavy (non-hydrogen) atoms. The summed E-state index contributed by atoms with van der Waals surface area (Å²) in [5.74, 6) is -1.27. The fourth-order valence-electron chi connectivity index (χ4n) is 1.47. The molecule has 0 atom stereocenters. The Bertz CT molecular complexity index is 534. The summed E-state index contributed by atoms with van der Waals surface area (Å²) in [6, 6.07) is 1.37. The average molecular weight is 363 g/mol. The van der Waals surface area contributed by atoms with Crippen LogP contribution in [0.1, 0.15) is 16.7 Å². The summed E-state index contributed by atoms with van der Waals surface area (Å²) < 4.78 is 78.7. The van der Waals surface area contributed by atoms with Crippen LogP contribution in [0, 0.1) is 11.3 Å². The zero-order valence-corrected chi connectivity index (χ0v) is 11.0. The van der Waals surface area contributed by atoms with Gasteiger partial charge in [0.15, 0.2) is 0 Å². The van der Waals surface area contributed by atoms with Crippen LogP contribution in [-0.2, 0) is 17.9 Å². The molecule has 0 bridgehead atoms. The monoisotopic (exact) mass is 362 g/mol. The van der Waals surface area contributed by atoms with Crippen molar-refractivity contribution in [2.45, 2.75) is 24.3 Å². The van der Waals surface area contributed by atoms with Crippen LogP contribution in [0.15, 0.2) is 6.20 Å². The third kappa shape index (κ3) is 4.00. The van der Waals surface area contributed by atoms with E-state index in [1.54, 1.807) is 0 Å². The first-order valence-electron chi connectivity index (χ1n) is 4.86. The molecule has 0 aliphatic carbocycles. The van der Waals surface area contributed by atoms with Crippen molar-refractivity contribution in [2.24, 2.45) is 0 Å². The summed E-state index contributed by atoms with van der Waals surface area (Å²) in [5, 5.41) is 8.22. The predicted octanol–water partition coefficient (Wildman–Crippen LogP) is 3.96. The highest BCUT2D eigenvalue weighted by atomic mass is 79.9. The number of halogens is 7. The van der Waals surface area contributed by atoms with E-state index in [0.29, 0.717) is 6.20 Å². The molecule has 0 aliphatic rings. The summed E-state index contributed by atoms with van der Waals surface area (Å²) >= 11 is 2.79. The number of ether oxygens (including phenoxy) is 1. The molecular formula is C10H5BrF6N2O. The van der Waals surface area contributed by atoms with Crippen LogP contribution in [0.25, 0.3) is 0 Å². The third-order valence-corrected chi connectivity index (χ3v) is 2.72. The predicted molar refractivity (Wildman–Crippen MR) is 57.9 cm³/mol. The summed E-state index contributed by atoms with van der Waals surface area (Å²) in [6.45, 7) is 0. The Hall–Kier alpha value is -1.50. The van der Waals surface area contributed by atoms with Crippen molar-refractivity contribution in [1.82, 2.24) is 4.98 Å². The van der Waals surface area contributed by atoms with Gasteiger partial charge in [0.05, 0.1) is 18.1 Å². The summed E-state index contributed by atoms with van der Waals surface area (Å²) in [4.78, 5) is 3.20. The Kier molecular flexibility index (Phi) is 4.86. The second-order valence-electron chi connectivity index (χ2n) is 3.46. The minimum Gasteiger partial charge on any atom is -0.388 e. The van der Waals surface area contributed by atoms with Gasteiger partial charge in [0.1, 0.15) is 0 Å². The molecule has 0 spiro atoms. The van der Waals surface area contributed by atoms with Crippen LogP contribution in [0.2, 0.25) is 0 Å². The fraction of sp³-hybridized carbons (Fsp3) is 0.400. The Morgan fingerprint density at radius 2 is 1.85 bits per heavy atom. The van der Waals surface area contributed by atoms with E-state index in [0.717, 1.165) is 0 Å². The molecular weight excluding hydrogens is 358 g/mol. The standard InChI is InChI=1S/C10H5BrF6N2O/c11-3-5-4-19-8(20-10(15,16)17)6(1-2-18)7(5)9(12,13)14/h4H,1,3H2. The van der Waals surface area contributed by atoms with Gasteiger partial charge in [-0.2, -0.15) is 18.4 Å². The molecule has 3 nitrogen and oxygen atoms in total. The zero-order valence-electron chi connectivity index (χ0n) is 9.44. The van der Waals surface area contributed by atoms with Gasteiger partial charge in [-0.15, -0.1) is 13.2 Å². The van der Waals surface area contributed by atoms with Crippen LogP contribution in [-0.4, -0.2) is 11.3 Å². The molecule has 0 saturated heterocycles. The van der Waals surface area contributed by atoms with Crippen LogP contribution in [0.5, 0.6) is 5.88 Å². The first-order chi connectivity index (χ1) is 9.10. The molecule has 0 fully saturated rings. The molecule has 1 aromatic rings. The summed E-state index contributed by atoms with van der Waals surface area (Å²) in [7, 11) is 0. The van der Waals surface area contributed by atoms with Crippen molar-refractivity contribution in [3.63, 3.8) is 0 Å². The zero-order chi connectivity index (χ0) is 15.6. The molecule has 1 rings (SSSR count). The van der Waals surface area contributed by atoms with E-state index in [9.17, 15) is 26.3 Å². The quantitative estimate of drug-likeness (QED) is 0.603. The minimum atomic E-state index is -5.20. The lowest BCUT2D eigenvalue weighted by Gasteiger charge is -2.18. The van der Waals surface area contributed by atoms with Crippen LogP contribution in [0.3, 0.4) is 0 Å². The Morgan fingerprint density at radius 1 is 1.25 bits per heavy atom. The van der Waals surface area contributed by atoms with Crippen LogP contribution >= 0.6 is 15.9 Å². The van der Waals surface area contributed by atoms with Gasteiger partial charge in [-0.05, 0) is 5.56 Å². The van der Waals surface area contributed by atoms with E-state index >= 15 is 0 Å². The molecule has 0 amide bonds. The van der Waals surface area contributed by atoms with Gasteiger partial charge in [-0.25, -0.2) is 4.98 Å². The third-order valence-electron chi connectivity index (χ3n) is 2.11. The molecule has 0 saturated carbocycles. The van der Waals surface area contributed by atoms with Gasteiger partial charge in [0.2, 0.25) is 5.88 Å². The fourth-order valence-corrected chi connectivity index (χ4v) is 1.90. The van der Waals surface area contributed by atoms with Crippen molar-refractivity contribution in [2.75, 3.05) is 0 Å². The lowest BCUT2D eigenvalue weighted by Crippen LogP contribution is -2.21. The Labute approximate surface area is 117 Å². The molecule has 1 heterocycles. The SMILES string of the molecule is N#CCc1c(OC(F)(F)F)ncc(CBr)c1C(F)(F)F. The number of nitrogens with zero attached hydrogens (tertiary/aromatic N) is 2. The second-order valence-corrected chi connectivity index (χ2v) is 4.02. The molecule has 0 aromatic carbocycles. The first kappa shape index (κ1) is 16.6.